The maximum atomic E-state index is 12.5. The SMILES string of the molecule is Cc1nc([C@H]2CCCN(C(=O)Cc3c(C)noc3C)C2)no1. The van der Waals surface area contributed by atoms with Crippen molar-refractivity contribution in [3.63, 3.8) is 0 Å². The molecule has 1 amide bonds. The smallest absolute Gasteiger partial charge is 0.227 e. The van der Waals surface area contributed by atoms with Crippen molar-refractivity contribution in [1.82, 2.24) is 20.2 Å². The van der Waals surface area contributed by atoms with Crippen LogP contribution in [0.25, 0.3) is 0 Å². The van der Waals surface area contributed by atoms with Crippen LogP contribution in [0.4, 0.5) is 0 Å². The number of piperidine rings is 1. The van der Waals surface area contributed by atoms with Gasteiger partial charge >= 0.3 is 0 Å². The van der Waals surface area contributed by atoms with E-state index in [0.717, 1.165) is 30.6 Å². The number of aryl methyl sites for hydroxylation is 3. The maximum Gasteiger partial charge on any atom is 0.227 e. The third kappa shape index (κ3) is 2.88. The molecule has 7 heteroatoms. The standard InChI is InChI=1S/C15H20N4O3/c1-9-13(10(2)21-17-9)7-14(20)19-6-4-5-12(8-19)15-16-11(3)22-18-15/h12H,4-8H2,1-3H3/t12-/m0/s1. The third-order valence-corrected chi connectivity index (χ3v) is 4.19. The molecule has 2 aromatic rings. The van der Waals surface area contributed by atoms with E-state index in [4.69, 9.17) is 9.05 Å². The van der Waals surface area contributed by atoms with Crippen LogP contribution in [0, 0.1) is 20.8 Å². The van der Waals surface area contributed by atoms with Crippen LogP contribution in [-0.2, 0) is 11.2 Å². The van der Waals surface area contributed by atoms with Gasteiger partial charge in [-0.15, -0.1) is 0 Å². The summed E-state index contributed by atoms with van der Waals surface area (Å²) in [7, 11) is 0. The summed E-state index contributed by atoms with van der Waals surface area (Å²) in [6.07, 6.45) is 2.26. The van der Waals surface area contributed by atoms with Gasteiger partial charge in [-0.25, -0.2) is 0 Å². The highest BCUT2D eigenvalue weighted by Crippen LogP contribution is 2.25. The van der Waals surface area contributed by atoms with Crippen LogP contribution in [0.3, 0.4) is 0 Å². The van der Waals surface area contributed by atoms with Gasteiger partial charge in [-0.1, -0.05) is 10.3 Å². The lowest BCUT2D eigenvalue weighted by Crippen LogP contribution is -2.40. The molecule has 1 aliphatic rings. The molecule has 0 aromatic carbocycles. The van der Waals surface area contributed by atoms with Crippen molar-refractivity contribution in [1.29, 1.82) is 0 Å². The molecule has 1 atom stereocenters. The van der Waals surface area contributed by atoms with Gasteiger partial charge in [0.25, 0.3) is 0 Å². The van der Waals surface area contributed by atoms with E-state index in [2.05, 4.69) is 15.3 Å². The van der Waals surface area contributed by atoms with Gasteiger partial charge in [-0.2, -0.15) is 4.98 Å². The number of likely N-dealkylation sites (tertiary alicyclic amines) is 1. The molecule has 0 bridgehead atoms. The number of carbonyl (C=O) groups is 1. The molecule has 3 heterocycles. The summed E-state index contributed by atoms with van der Waals surface area (Å²) in [5.74, 6) is 2.23. The quantitative estimate of drug-likeness (QED) is 0.861. The Kier molecular flexibility index (Phi) is 3.96. The summed E-state index contributed by atoms with van der Waals surface area (Å²) < 4.78 is 10.2. The minimum atomic E-state index is 0.0966. The Hall–Kier alpha value is -2.18. The number of nitrogens with zero attached hydrogens (tertiary/aromatic N) is 4. The van der Waals surface area contributed by atoms with Crippen LogP contribution in [0.15, 0.2) is 9.05 Å². The van der Waals surface area contributed by atoms with Crippen LogP contribution in [0.2, 0.25) is 0 Å². The van der Waals surface area contributed by atoms with E-state index < -0.39 is 0 Å². The van der Waals surface area contributed by atoms with Gasteiger partial charge < -0.3 is 13.9 Å². The molecule has 0 aliphatic carbocycles. The average molecular weight is 304 g/mol. The second-order valence-corrected chi connectivity index (χ2v) is 5.83. The number of hydrogen-bond donors (Lipinski definition) is 0. The Morgan fingerprint density at radius 1 is 1.27 bits per heavy atom. The Labute approximate surface area is 128 Å². The number of rotatable bonds is 3. The summed E-state index contributed by atoms with van der Waals surface area (Å²) in [5.41, 5.74) is 1.68. The van der Waals surface area contributed by atoms with Crippen LogP contribution in [0.5, 0.6) is 0 Å². The summed E-state index contributed by atoms with van der Waals surface area (Å²) in [5, 5.41) is 7.89. The van der Waals surface area contributed by atoms with Crippen molar-refractivity contribution >= 4 is 5.91 Å². The molecule has 7 nitrogen and oxygen atoms in total. The second kappa shape index (κ2) is 5.90. The Bertz CT molecular complexity index is 657. The van der Waals surface area contributed by atoms with E-state index in [-0.39, 0.29) is 11.8 Å². The number of amides is 1. The summed E-state index contributed by atoms with van der Waals surface area (Å²) >= 11 is 0. The first kappa shape index (κ1) is 14.7. The molecule has 0 radical (unpaired) electrons. The van der Waals surface area contributed by atoms with E-state index in [1.54, 1.807) is 6.92 Å². The van der Waals surface area contributed by atoms with Crippen molar-refractivity contribution in [3.05, 3.63) is 28.7 Å². The molecule has 0 saturated carbocycles. The molecule has 22 heavy (non-hydrogen) atoms. The lowest BCUT2D eigenvalue weighted by molar-refractivity contribution is -0.131. The monoisotopic (exact) mass is 304 g/mol. The number of hydrogen-bond acceptors (Lipinski definition) is 6. The van der Waals surface area contributed by atoms with Crippen molar-refractivity contribution in [2.45, 2.75) is 46.0 Å². The Morgan fingerprint density at radius 3 is 2.73 bits per heavy atom. The number of carbonyl (C=O) groups excluding carboxylic acids is 1. The fraction of sp³-hybridized carbons (Fsp3) is 0.600. The van der Waals surface area contributed by atoms with Gasteiger partial charge in [0.05, 0.1) is 12.1 Å². The molecule has 2 aromatic heterocycles. The Morgan fingerprint density at radius 2 is 2.09 bits per heavy atom. The van der Waals surface area contributed by atoms with E-state index in [0.29, 0.717) is 30.4 Å². The van der Waals surface area contributed by atoms with Gasteiger partial charge in [0.1, 0.15) is 5.76 Å². The molecular weight excluding hydrogens is 284 g/mol. The molecule has 1 saturated heterocycles. The first-order valence-electron chi connectivity index (χ1n) is 7.54. The molecule has 0 spiro atoms. The van der Waals surface area contributed by atoms with Crippen LogP contribution in [-0.4, -0.2) is 39.2 Å². The highest BCUT2D eigenvalue weighted by Gasteiger charge is 2.28. The molecule has 1 fully saturated rings. The van der Waals surface area contributed by atoms with E-state index in [1.165, 1.54) is 0 Å². The predicted octanol–water partition coefficient (Wildman–Crippen LogP) is 1.93. The summed E-state index contributed by atoms with van der Waals surface area (Å²) in [4.78, 5) is 18.7. The first-order valence-corrected chi connectivity index (χ1v) is 7.54. The zero-order chi connectivity index (χ0) is 15.7. The molecule has 0 unspecified atom stereocenters. The molecule has 118 valence electrons. The lowest BCUT2D eigenvalue weighted by atomic mass is 9.96. The minimum Gasteiger partial charge on any atom is -0.361 e. The van der Waals surface area contributed by atoms with Gasteiger partial charge in [0.2, 0.25) is 11.8 Å². The average Bonchev–Trinajstić information content (AvgIpc) is 3.08. The van der Waals surface area contributed by atoms with Crippen molar-refractivity contribution in [2.24, 2.45) is 0 Å². The maximum absolute atomic E-state index is 12.5. The largest absolute Gasteiger partial charge is 0.361 e. The topological polar surface area (TPSA) is 85.3 Å². The number of aromatic nitrogens is 3. The molecular formula is C15H20N4O3. The third-order valence-electron chi connectivity index (χ3n) is 4.19. The van der Waals surface area contributed by atoms with Crippen LogP contribution in [0.1, 0.15) is 47.5 Å². The minimum absolute atomic E-state index is 0.0966. The van der Waals surface area contributed by atoms with Crippen molar-refractivity contribution in [3.8, 4) is 0 Å². The normalized spacial score (nSPS) is 18.7. The fourth-order valence-electron chi connectivity index (χ4n) is 2.91. The highest BCUT2D eigenvalue weighted by atomic mass is 16.5. The predicted molar refractivity (Wildman–Crippen MR) is 77.3 cm³/mol. The van der Waals surface area contributed by atoms with Crippen molar-refractivity contribution in [2.75, 3.05) is 13.1 Å². The second-order valence-electron chi connectivity index (χ2n) is 5.83. The van der Waals surface area contributed by atoms with E-state index in [1.807, 2.05) is 18.7 Å². The molecule has 3 rings (SSSR count). The summed E-state index contributed by atoms with van der Waals surface area (Å²) in [6, 6.07) is 0. The fourth-order valence-corrected chi connectivity index (χ4v) is 2.91. The molecule has 0 N–H and O–H groups in total. The van der Waals surface area contributed by atoms with Gasteiger partial charge in [-0.3, -0.25) is 4.79 Å². The first-order chi connectivity index (χ1) is 10.5. The summed E-state index contributed by atoms with van der Waals surface area (Å²) in [6.45, 7) is 6.89. The van der Waals surface area contributed by atoms with Crippen LogP contribution < -0.4 is 0 Å². The highest BCUT2D eigenvalue weighted by molar-refractivity contribution is 5.79. The van der Waals surface area contributed by atoms with E-state index >= 15 is 0 Å². The molecule has 1 aliphatic heterocycles. The van der Waals surface area contributed by atoms with Gasteiger partial charge in [-0.05, 0) is 26.7 Å². The van der Waals surface area contributed by atoms with Gasteiger partial charge in [0.15, 0.2) is 5.82 Å². The van der Waals surface area contributed by atoms with Crippen molar-refractivity contribution < 1.29 is 13.8 Å². The lowest BCUT2D eigenvalue weighted by Gasteiger charge is -2.31. The Balaban J connectivity index is 1.68. The zero-order valence-electron chi connectivity index (χ0n) is 13.1. The van der Waals surface area contributed by atoms with E-state index in [9.17, 15) is 4.79 Å². The van der Waals surface area contributed by atoms with Crippen LogP contribution >= 0.6 is 0 Å². The van der Waals surface area contributed by atoms with Gasteiger partial charge in [0, 0.05) is 31.5 Å². The zero-order valence-corrected chi connectivity index (χ0v) is 13.1.